The normalized spacial score (nSPS) is 12.7. The summed E-state index contributed by atoms with van der Waals surface area (Å²) in [5, 5.41) is 4.60. The Morgan fingerprint density at radius 1 is 1.21 bits per heavy atom. The summed E-state index contributed by atoms with van der Waals surface area (Å²) in [6.07, 6.45) is 0. The molecule has 0 fully saturated rings. The van der Waals surface area contributed by atoms with E-state index in [1.54, 1.807) is 6.07 Å². The molecule has 1 heterocycles. The Labute approximate surface area is 146 Å². The van der Waals surface area contributed by atoms with Crippen LogP contribution in [0.25, 0.3) is 0 Å². The minimum absolute atomic E-state index is 0.128. The summed E-state index contributed by atoms with van der Waals surface area (Å²) in [5.74, 6) is -0.222. The molecule has 0 aliphatic carbocycles. The average Bonchev–Trinajstić information content (AvgIpc) is 3.14. The predicted molar refractivity (Wildman–Crippen MR) is 96.5 cm³/mol. The number of thiophene rings is 1. The largest absolute Gasteiger partial charge is 0.463 e. The molecule has 128 valence electrons. The maximum absolute atomic E-state index is 12.2. The highest BCUT2D eigenvalue weighted by Crippen LogP contribution is 2.16. The summed E-state index contributed by atoms with van der Waals surface area (Å²) >= 11 is 1.37. The van der Waals surface area contributed by atoms with Gasteiger partial charge in [0.2, 0.25) is 0 Å². The Balaban J connectivity index is 2.06. The van der Waals surface area contributed by atoms with E-state index in [1.807, 2.05) is 55.6 Å². The molecule has 0 radical (unpaired) electrons. The minimum atomic E-state index is -0.222. The lowest BCUT2D eigenvalue weighted by molar-refractivity contribution is 0.0924. The van der Waals surface area contributed by atoms with Crippen LogP contribution in [0.1, 0.15) is 35.1 Å². The van der Waals surface area contributed by atoms with E-state index in [0.717, 1.165) is 5.56 Å². The van der Waals surface area contributed by atoms with Crippen molar-refractivity contribution in [1.82, 2.24) is 5.32 Å². The first kappa shape index (κ1) is 18.2. The second-order valence-electron chi connectivity index (χ2n) is 5.00. The summed E-state index contributed by atoms with van der Waals surface area (Å²) in [6.45, 7) is 5.28. The number of carbonyl (C=O) groups excluding carboxylic acids is 1. The summed E-state index contributed by atoms with van der Waals surface area (Å²) in [7, 11) is 0. The average molecular weight is 346 g/mol. The van der Waals surface area contributed by atoms with Crippen molar-refractivity contribution in [3.63, 3.8) is 0 Å². The highest BCUT2D eigenvalue weighted by Gasteiger charge is 2.13. The predicted octanol–water partition coefficient (Wildman–Crippen LogP) is 3.65. The summed E-state index contributed by atoms with van der Waals surface area (Å²) in [5.41, 5.74) is 1.05. The van der Waals surface area contributed by atoms with Crippen molar-refractivity contribution in [2.24, 2.45) is 4.99 Å². The lowest BCUT2D eigenvalue weighted by Gasteiger charge is -2.13. The van der Waals surface area contributed by atoms with Gasteiger partial charge in [-0.15, -0.1) is 11.3 Å². The molecule has 24 heavy (non-hydrogen) atoms. The van der Waals surface area contributed by atoms with Crippen LogP contribution in [0.3, 0.4) is 0 Å². The fourth-order valence-corrected chi connectivity index (χ4v) is 2.61. The molecule has 1 N–H and O–H groups in total. The Kier molecular flexibility index (Phi) is 7.45. The van der Waals surface area contributed by atoms with Gasteiger partial charge in [0.05, 0.1) is 17.5 Å². The van der Waals surface area contributed by atoms with Crippen LogP contribution in [0.5, 0.6) is 0 Å². The SMILES string of the molecule is CCOCCOC(=NC(C)c1ccccc1)NC(=O)c1cccs1. The van der Waals surface area contributed by atoms with Crippen molar-refractivity contribution < 1.29 is 14.3 Å². The number of rotatable bonds is 7. The van der Waals surface area contributed by atoms with Crippen molar-refractivity contribution in [2.45, 2.75) is 19.9 Å². The fourth-order valence-electron chi connectivity index (χ4n) is 2.00. The molecule has 0 saturated heterocycles. The number of hydrogen-bond acceptors (Lipinski definition) is 5. The van der Waals surface area contributed by atoms with Gasteiger partial charge in [0.1, 0.15) is 6.61 Å². The number of amidine groups is 1. The zero-order chi connectivity index (χ0) is 17.2. The Morgan fingerprint density at radius 2 is 2.00 bits per heavy atom. The van der Waals surface area contributed by atoms with E-state index in [-0.39, 0.29) is 18.0 Å². The van der Waals surface area contributed by atoms with E-state index < -0.39 is 0 Å². The second kappa shape index (κ2) is 9.85. The maximum Gasteiger partial charge on any atom is 0.292 e. The van der Waals surface area contributed by atoms with E-state index in [4.69, 9.17) is 9.47 Å². The molecule has 0 aliphatic heterocycles. The first-order valence-electron chi connectivity index (χ1n) is 7.89. The number of aliphatic imine (C=N–C) groups is 1. The van der Waals surface area contributed by atoms with Crippen LogP contribution in [0, 0.1) is 0 Å². The minimum Gasteiger partial charge on any atom is -0.463 e. The number of carbonyl (C=O) groups is 1. The van der Waals surface area contributed by atoms with Gasteiger partial charge >= 0.3 is 0 Å². The summed E-state index contributed by atoms with van der Waals surface area (Å²) in [4.78, 5) is 17.4. The molecule has 1 unspecified atom stereocenters. The molecule has 1 aromatic carbocycles. The van der Waals surface area contributed by atoms with Gasteiger partial charge in [-0.1, -0.05) is 36.4 Å². The van der Waals surface area contributed by atoms with Gasteiger partial charge < -0.3 is 9.47 Å². The Morgan fingerprint density at radius 3 is 2.67 bits per heavy atom. The van der Waals surface area contributed by atoms with E-state index in [0.29, 0.717) is 24.7 Å². The number of ether oxygens (including phenoxy) is 2. The third kappa shape index (κ3) is 5.79. The molecule has 6 heteroatoms. The molecule has 5 nitrogen and oxygen atoms in total. The van der Waals surface area contributed by atoms with Crippen LogP contribution in [0.2, 0.25) is 0 Å². The molecule has 1 aromatic heterocycles. The van der Waals surface area contributed by atoms with Gasteiger partial charge in [-0.05, 0) is 30.9 Å². The van der Waals surface area contributed by atoms with Crippen LogP contribution in [-0.2, 0) is 9.47 Å². The molecule has 0 bridgehead atoms. The van der Waals surface area contributed by atoms with Crippen LogP contribution in [0.15, 0.2) is 52.8 Å². The van der Waals surface area contributed by atoms with Gasteiger partial charge in [-0.25, -0.2) is 4.99 Å². The lowest BCUT2D eigenvalue weighted by atomic mass is 10.1. The molecule has 1 atom stereocenters. The highest BCUT2D eigenvalue weighted by atomic mass is 32.1. The van der Waals surface area contributed by atoms with Crippen LogP contribution < -0.4 is 5.32 Å². The zero-order valence-electron chi connectivity index (χ0n) is 13.9. The van der Waals surface area contributed by atoms with E-state index in [2.05, 4.69) is 10.3 Å². The number of nitrogens with one attached hydrogen (secondary N) is 1. The topological polar surface area (TPSA) is 59.9 Å². The summed E-state index contributed by atoms with van der Waals surface area (Å²) < 4.78 is 10.9. The first-order valence-corrected chi connectivity index (χ1v) is 8.76. The smallest absolute Gasteiger partial charge is 0.292 e. The van der Waals surface area contributed by atoms with Gasteiger partial charge in [0.25, 0.3) is 11.9 Å². The zero-order valence-corrected chi connectivity index (χ0v) is 14.7. The van der Waals surface area contributed by atoms with Crippen molar-refractivity contribution in [3.05, 3.63) is 58.3 Å². The molecule has 0 spiro atoms. The Hall–Kier alpha value is -2.18. The van der Waals surface area contributed by atoms with Crippen LogP contribution in [0.4, 0.5) is 0 Å². The molecular formula is C18H22N2O3S. The third-order valence-electron chi connectivity index (χ3n) is 3.23. The molecule has 2 rings (SSSR count). The van der Waals surface area contributed by atoms with Crippen molar-refractivity contribution in [2.75, 3.05) is 19.8 Å². The molecule has 2 aromatic rings. The monoisotopic (exact) mass is 346 g/mol. The highest BCUT2D eigenvalue weighted by molar-refractivity contribution is 7.12. The molecule has 0 saturated carbocycles. The fraction of sp³-hybridized carbons (Fsp3) is 0.333. The van der Waals surface area contributed by atoms with Crippen LogP contribution >= 0.6 is 11.3 Å². The van der Waals surface area contributed by atoms with Gasteiger partial charge in [0, 0.05) is 6.61 Å². The third-order valence-corrected chi connectivity index (χ3v) is 4.10. The van der Waals surface area contributed by atoms with Gasteiger partial charge in [-0.3, -0.25) is 10.1 Å². The van der Waals surface area contributed by atoms with E-state index >= 15 is 0 Å². The summed E-state index contributed by atoms with van der Waals surface area (Å²) in [6, 6.07) is 13.5. The van der Waals surface area contributed by atoms with Crippen molar-refractivity contribution in [3.8, 4) is 0 Å². The molecular weight excluding hydrogens is 324 g/mol. The number of benzene rings is 1. The number of hydrogen-bond donors (Lipinski definition) is 1. The van der Waals surface area contributed by atoms with Crippen molar-refractivity contribution in [1.29, 1.82) is 0 Å². The van der Waals surface area contributed by atoms with Crippen LogP contribution in [-0.4, -0.2) is 31.7 Å². The number of nitrogens with zero attached hydrogens (tertiary/aromatic N) is 1. The molecule has 1 amide bonds. The van der Waals surface area contributed by atoms with Gasteiger partial charge in [-0.2, -0.15) is 0 Å². The van der Waals surface area contributed by atoms with E-state index in [9.17, 15) is 4.79 Å². The second-order valence-corrected chi connectivity index (χ2v) is 5.95. The lowest BCUT2D eigenvalue weighted by Crippen LogP contribution is -2.33. The molecule has 0 aliphatic rings. The van der Waals surface area contributed by atoms with Crippen molar-refractivity contribution >= 4 is 23.3 Å². The maximum atomic E-state index is 12.2. The first-order chi connectivity index (χ1) is 11.7. The standard InChI is InChI=1S/C18H22N2O3S/c1-3-22-11-12-23-18(20-17(21)16-10-7-13-24-16)19-14(2)15-8-5-4-6-9-15/h4-10,13-14H,3,11-12H2,1-2H3,(H,19,20,21). The number of amides is 1. The quantitative estimate of drug-likeness (QED) is 0.473. The van der Waals surface area contributed by atoms with E-state index in [1.165, 1.54) is 11.3 Å². The Bertz CT molecular complexity index is 642. The van der Waals surface area contributed by atoms with Gasteiger partial charge in [0.15, 0.2) is 0 Å².